The van der Waals surface area contributed by atoms with Crippen LogP contribution in [0.15, 0.2) is 176 Å². The fourth-order valence-corrected chi connectivity index (χ4v) is 5.99. The number of imidazole rings is 1. The molecule has 0 fully saturated rings. The molecular weight excluding hydrogens is 806 g/mol. The van der Waals surface area contributed by atoms with E-state index in [4.69, 9.17) is 18.4 Å². The van der Waals surface area contributed by atoms with E-state index in [9.17, 15) is 0 Å². The molecule has 246 valence electrons. The summed E-state index contributed by atoms with van der Waals surface area (Å²) >= 11 is 0. The average Bonchev–Trinajstić information content (AvgIpc) is 3.66. The zero-order valence-corrected chi connectivity index (χ0v) is 28.8. The van der Waals surface area contributed by atoms with Crippen molar-refractivity contribution in [2.24, 2.45) is 0 Å². The molecule has 7 aromatic carbocycles. The summed E-state index contributed by atoms with van der Waals surface area (Å²) in [6.45, 7) is 0. The predicted molar refractivity (Wildman–Crippen MR) is 199 cm³/mol. The summed E-state index contributed by atoms with van der Waals surface area (Å²) in [5.74, 6) is 0.799. The molecule has 2 heterocycles. The molecule has 0 aliphatic rings. The van der Waals surface area contributed by atoms with Gasteiger partial charge in [-0.3, -0.25) is 4.57 Å². The van der Waals surface area contributed by atoms with Gasteiger partial charge in [0.1, 0.15) is 0 Å². The van der Waals surface area contributed by atoms with Gasteiger partial charge in [0.05, 0.1) is 30.4 Å². The van der Waals surface area contributed by atoms with Crippen molar-refractivity contribution < 1.29 is 44.1 Å². The number of benzene rings is 7. The molecule has 51 heavy (non-hydrogen) atoms. The largest absolute Gasteiger partial charge is 0.503 e. The first-order chi connectivity index (χ1) is 28.9. The molecule has 5 heteroatoms. The second kappa shape index (κ2) is 14.0. The Kier molecular flexibility index (Phi) is 6.21. The fraction of sp³-hybridized carbons (Fsp3) is 0. The molecule has 0 N–H and O–H groups in total. The van der Waals surface area contributed by atoms with Crippen LogP contribution in [0.2, 0.25) is 0 Å². The van der Waals surface area contributed by atoms with E-state index in [2.05, 4.69) is 23.4 Å². The van der Waals surface area contributed by atoms with Crippen molar-refractivity contribution in [3.05, 3.63) is 194 Å². The zero-order chi connectivity index (χ0) is 42.0. The molecule has 0 saturated carbocycles. The van der Waals surface area contributed by atoms with Crippen LogP contribution < -0.4 is 9.30 Å². The minimum absolute atomic E-state index is 0. The maximum Gasteiger partial charge on any atom is 0.268 e. The standard InChI is InChI=1S/C46H29N3O.Pt/c1-3-14-33(15-4-1)41-24-13-25-42(34-16-5-2-6-17-34)46(41)49-32-48(44-26-9-10-27-45(44)49)38-21-12-23-40(30-38)50-39-22-11-20-36(28-39)43-29-35-18-7-8-19-37(35)31-47-43;/h1-27,29,31H;/q-2;/i1D,2D,3D,4D,5D,6D,14D,15D,16D,17D;. The van der Waals surface area contributed by atoms with Crippen molar-refractivity contribution in [2.45, 2.75) is 0 Å². The number of para-hydroxylation sites is 3. The summed E-state index contributed by atoms with van der Waals surface area (Å²) < 4.78 is 95.7. The molecule has 4 nitrogen and oxygen atoms in total. The van der Waals surface area contributed by atoms with Crippen molar-refractivity contribution >= 4 is 21.8 Å². The first kappa shape index (κ1) is 22.6. The minimum atomic E-state index is -0.569. The van der Waals surface area contributed by atoms with Crippen molar-refractivity contribution in [2.75, 3.05) is 0 Å². The van der Waals surface area contributed by atoms with E-state index in [1.807, 2.05) is 60.8 Å². The molecule has 0 unspecified atom stereocenters. The molecule has 0 aliphatic carbocycles. The molecule has 2 aromatic heterocycles. The van der Waals surface area contributed by atoms with Gasteiger partial charge in [-0.2, -0.15) is 12.1 Å². The van der Waals surface area contributed by atoms with Gasteiger partial charge in [0.2, 0.25) is 0 Å². The van der Waals surface area contributed by atoms with Crippen LogP contribution in [0.1, 0.15) is 13.7 Å². The molecule has 0 radical (unpaired) electrons. The second-order valence-corrected chi connectivity index (χ2v) is 11.3. The summed E-state index contributed by atoms with van der Waals surface area (Å²) in [6, 6.07) is 34.3. The van der Waals surface area contributed by atoms with E-state index in [-0.39, 0.29) is 49.0 Å². The predicted octanol–water partition coefficient (Wildman–Crippen LogP) is 10.6. The maximum absolute atomic E-state index is 8.92. The van der Waals surface area contributed by atoms with Crippen LogP contribution in [-0.2, 0) is 21.1 Å². The van der Waals surface area contributed by atoms with E-state index < -0.39 is 60.4 Å². The second-order valence-electron chi connectivity index (χ2n) is 11.3. The maximum atomic E-state index is 8.92. The smallest absolute Gasteiger partial charge is 0.268 e. The number of hydrogen-bond donors (Lipinski definition) is 0. The third-order valence-electron chi connectivity index (χ3n) is 8.25. The molecule has 0 aliphatic heterocycles. The summed E-state index contributed by atoms with van der Waals surface area (Å²) in [6.07, 6.45) is 5.18. The third kappa shape index (κ3) is 6.27. The van der Waals surface area contributed by atoms with Crippen LogP contribution in [0.4, 0.5) is 0 Å². The van der Waals surface area contributed by atoms with Gasteiger partial charge in [0.25, 0.3) is 6.33 Å². The Balaban J connectivity index is 0.00000514. The van der Waals surface area contributed by atoms with E-state index in [0.29, 0.717) is 28.2 Å². The average molecular weight is 845 g/mol. The number of ether oxygens (including phenoxy) is 1. The summed E-state index contributed by atoms with van der Waals surface area (Å²) in [4.78, 5) is 4.63. The molecular formula is C46H29N3OPt-2. The first-order valence-electron chi connectivity index (χ1n) is 20.7. The van der Waals surface area contributed by atoms with Crippen LogP contribution >= 0.6 is 0 Å². The molecule has 0 bridgehead atoms. The van der Waals surface area contributed by atoms with Crippen LogP contribution in [-0.4, -0.2) is 9.55 Å². The monoisotopic (exact) mass is 844 g/mol. The Morgan fingerprint density at radius 3 is 2.00 bits per heavy atom. The van der Waals surface area contributed by atoms with Gasteiger partial charge in [-0.1, -0.05) is 139 Å². The van der Waals surface area contributed by atoms with Crippen molar-refractivity contribution in [1.82, 2.24) is 9.55 Å². The zero-order valence-electron chi connectivity index (χ0n) is 36.5. The molecule has 0 saturated heterocycles. The normalized spacial score (nSPS) is 13.7. The first-order valence-corrected chi connectivity index (χ1v) is 15.7. The Labute approximate surface area is 325 Å². The Hall–Kier alpha value is -6.09. The van der Waals surface area contributed by atoms with Crippen molar-refractivity contribution in [3.8, 4) is 56.4 Å². The van der Waals surface area contributed by atoms with Crippen LogP contribution in [0.3, 0.4) is 0 Å². The molecule has 9 aromatic rings. The van der Waals surface area contributed by atoms with E-state index >= 15 is 0 Å². The number of aromatic nitrogens is 3. The van der Waals surface area contributed by atoms with Crippen LogP contribution in [0.25, 0.3) is 66.7 Å². The Bertz CT molecular complexity index is 3080. The van der Waals surface area contributed by atoms with Gasteiger partial charge in [0.15, 0.2) is 0 Å². The van der Waals surface area contributed by atoms with Crippen molar-refractivity contribution in [1.29, 1.82) is 0 Å². The molecule has 0 spiro atoms. The fourth-order valence-electron chi connectivity index (χ4n) is 5.99. The Morgan fingerprint density at radius 2 is 1.25 bits per heavy atom. The quantitative estimate of drug-likeness (QED) is 0.118. The molecule has 0 atom stereocenters. The summed E-state index contributed by atoms with van der Waals surface area (Å²) in [5.41, 5.74) is 3.33. The van der Waals surface area contributed by atoms with E-state index in [1.165, 1.54) is 0 Å². The number of pyridine rings is 1. The number of fused-ring (bicyclic) bond motifs is 2. The summed E-state index contributed by atoms with van der Waals surface area (Å²) in [7, 11) is 0. The number of hydrogen-bond acceptors (Lipinski definition) is 2. The van der Waals surface area contributed by atoms with Gasteiger partial charge in [-0.05, 0) is 44.4 Å². The van der Waals surface area contributed by atoms with Crippen LogP contribution in [0, 0.1) is 18.5 Å². The van der Waals surface area contributed by atoms with Gasteiger partial charge in [-0.15, -0.1) is 35.9 Å². The Morgan fingerprint density at radius 1 is 0.627 bits per heavy atom. The van der Waals surface area contributed by atoms with E-state index in [1.54, 1.807) is 63.7 Å². The van der Waals surface area contributed by atoms with Gasteiger partial charge in [0, 0.05) is 38.8 Å². The molecule has 9 rings (SSSR count). The number of nitrogens with zero attached hydrogens (tertiary/aromatic N) is 3. The topological polar surface area (TPSA) is 30.9 Å². The van der Waals surface area contributed by atoms with Crippen LogP contribution in [0.5, 0.6) is 11.5 Å². The van der Waals surface area contributed by atoms with E-state index in [0.717, 1.165) is 22.0 Å². The van der Waals surface area contributed by atoms with Gasteiger partial charge < -0.3 is 14.3 Å². The minimum Gasteiger partial charge on any atom is -0.503 e. The molecule has 0 amide bonds. The van der Waals surface area contributed by atoms with Gasteiger partial charge in [-0.25, -0.2) is 0 Å². The van der Waals surface area contributed by atoms with Gasteiger partial charge >= 0.3 is 0 Å². The third-order valence-corrected chi connectivity index (χ3v) is 8.25. The SMILES string of the molecule is [2H]c1c([2H])c([2H])c(-c2cccc(-c3c([2H])c([2H])c([2H])c([2H])c3[2H])c2-[n+]2[c-]n(-c3[c-]c(Oc4[c-]c(-c5cc6ccccc6cn5)ccc4)ccc3)c3ccccc32)c([2H])c1[2H].[Pt]. The number of rotatable bonds is 7. The summed E-state index contributed by atoms with van der Waals surface area (Å²) in [5, 5.41) is 2.07. The van der Waals surface area contributed by atoms with Crippen molar-refractivity contribution in [3.63, 3.8) is 0 Å².